The SMILES string of the molecule is COc1cccc(/C=N/C(C)(C)C)c1. The van der Waals surface area contributed by atoms with Crippen molar-refractivity contribution >= 4 is 6.21 Å². The van der Waals surface area contributed by atoms with Gasteiger partial charge in [-0.3, -0.25) is 4.99 Å². The highest BCUT2D eigenvalue weighted by Gasteiger charge is 2.04. The largest absolute Gasteiger partial charge is 0.497 e. The van der Waals surface area contributed by atoms with Gasteiger partial charge < -0.3 is 4.74 Å². The van der Waals surface area contributed by atoms with Crippen molar-refractivity contribution in [2.24, 2.45) is 4.99 Å². The van der Waals surface area contributed by atoms with Gasteiger partial charge in [-0.2, -0.15) is 0 Å². The number of nitrogens with zero attached hydrogens (tertiary/aromatic N) is 1. The Labute approximate surface area is 85.6 Å². The summed E-state index contributed by atoms with van der Waals surface area (Å²) in [7, 11) is 1.67. The fourth-order valence-electron chi connectivity index (χ4n) is 0.990. The standard InChI is InChI=1S/C12H17NO/c1-12(2,3)13-9-10-6-5-7-11(8-10)14-4/h5-9H,1-4H3/b13-9+. The van der Waals surface area contributed by atoms with E-state index < -0.39 is 0 Å². The second kappa shape index (κ2) is 4.27. The van der Waals surface area contributed by atoms with E-state index >= 15 is 0 Å². The molecule has 0 radical (unpaired) electrons. The predicted octanol–water partition coefficient (Wildman–Crippen LogP) is 2.91. The third-order valence-electron chi connectivity index (χ3n) is 1.69. The Morgan fingerprint density at radius 1 is 1.29 bits per heavy atom. The summed E-state index contributed by atoms with van der Waals surface area (Å²) < 4.78 is 5.13. The van der Waals surface area contributed by atoms with Crippen LogP contribution in [0.25, 0.3) is 0 Å². The zero-order valence-corrected chi connectivity index (χ0v) is 9.24. The molecule has 0 amide bonds. The van der Waals surface area contributed by atoms with Gasteiger partial charge in [-0.25, -0.2) is 0 Å². The van der Waals surface area contributed by atoms with E-state index in [2.05, 4.69) is 25.8 Å². The minimum atomic E-state index is -0.0247. The first-order valence-corrected chi connectivity index (χ1v) is 4.70. The molecule has 76 valence electrons. The van der Waals surface area contributed by atoms with E-state index in [-0.39, 0.29) is 5.54 Å². The van der Waals surface area contributed by atoms with Crippen molar-refractivity contribution in [2.45, 2.75) is 26.3 Å². The van der Waals surface area contributed by atoms with Crippen molar-refractivity contribution < 1.29 is 4.74 Å². The van der Waals surface area contributed by atoms with Gasteiger partial charge in [0.05, 0.1) is 12.6 Å². The van der Waals surface area contributed by atoms with Crippen LogP contribution in [-0.4, -0.2) is 18.9 Å². The summed E-state index contributed by atoms with van der Waals surface area (Å²) in [6, 6.07) is 7.87. The smallest absolute Gasteiger partial charge is 0.119 e. The molecule has 0 aliphatic rings. The fourth-order valence-corrected chi connectivity index (χ4v) is 0.990. The van der Waals surface area contributed by atoms with Crippen LogP contribution in [-0.2, 0) is 0 Å². The van der Waals surface area contributed by atoms with Crippen LogP contribution in [0, 0.1) is 0 Å². The van der Waals surface area contributed by atoms with Crippen LogP contribution < -0.4 is 4.74 Å². The quantitative estimate of drug-likeness (QED) is 0.659. The van der Waals surface area contributed by atoms with Crippen LogP contribution in [0.4, 0.5) is 0 Å². The molecule has 0 saturated carbocycles. The average molecular weight is 191 g/mol. The summed E-state index contributed by atoms with van der Waals surface area (Å²) in [5.74, 6) is 0.864. The summed E-state index contributed by atoms with van der Waals surface area (Å²) in [5.41, 5.74) is 1.04. The molecule has 0 N–H and O–H groups in total. The topological polar surface area (TPSA) is 21.6 Å². The zero-order valence-electron chi connectivity index (χ0n) is 9.24. The van der Waals surface area contributed by atoms with E-state index in [1.165, 1.54) is 0 Å². The van der Waals surface area contributed by atoms with Crippen LogP contribution in [0.5, 0.6) is 5.75 Å². The molecule has 0 heterocycles. The zero-order chi connectivity index (χ0) is 10.6. The summed E-state index contributed by atoms with van der Waals surface area (Å²) in [4.78, 5) is 4.42. The molecule has 0 atom stereocenters. The highest BCUT2D eigenvalue weighted by molar-refractivity contribution is 5.80. The third-order valence-corrected chi connectivity index (χ3v) is 1.69. The third kappa shape index (κ3) is 3.60. The molecule has 0 aliphatic carbocycles. The van der Waals surface area contributed by atoms with Crippen LogP contribution in [0.2, 0.25) is 0 Å². The first kappa shape index (κ1) is 10.8. The van der Waals surface area contributed by atoms with Crippen LogP contribution >= 0.6 is 0 Å². The Balaban J connectivity index is 2.82. The molecule has 2 nitrogen and oxygen atoms in total. The lowest BCUT2D eigenvalue weighted by Gasteiger charge is -2.10. The summed E-state index contributed by atoms with van der Waals surface area (Å²) in [6.07, 6.45) is 1.88. The number of ether oxygens (including phenoxy) is 1. The van der Waals surface area contributed by atoms with Gasteiger partial charge in [0.2, 0.25) is 0 Å². The normalized spacial score (nSPS) is 12.0. The van der Waals surface area contributed by atoms with E-state index in [4.69, 9.17) is 4.74 Å². The van der Waals surface area contributed by atoms with Gasteiger partial charge in [0.1, 0.15) is 5.75 Å². The lowest BCUT2D eigenvalue weighted by Crippen LogP contribution is -2.09. The molecule has 1 rings (SSSR count). The molecule has 0 fully saturated rings. The maximum atomic E-state index is 5.13. The van der Waals surface area contributed by atoms with Gasteiger partial charge in [-0.15, -0.1) is 0 Å². The van der Waals surface area contributed by atoms with Crippen molar-refractivity contribution in [1.82, 2.24) is 0 Å². The van der Waals surface area contributed by atoms with Gasteiger partial charge in [0.25, 0.3) is 0 Å². The molecule has 0 bridgehead atoms. The van der Waals surface area contributed by atoms with E-state index in [1.54, 1.807) is 7.11 Å². The second-order valence-electron chi connectivity index (χ2n) is 4.21. The molecular formula is C12H17NO. The first-order chi connectivity index (χ1) is 6.51. The van der Waals surface area contributed by atoms with Crippen LogP contribution in [0.1, 0.15) is 26.3 Å². The number of aliphatic imine (C=N–C) groups is 1. The van der Waals surface area contributed by atoms with Gasteiger partial charge >= 0.3 is 0 Å². The molecule has 1 aromatic rings. The molecule has 0 aromatic heterocycles. The van der Waals surface area contributed by atoms with Crippen LogP contribution in [0.3, 0.4) is 0 Å². The van der Waals surface area contributed by atoms with E-state index in [9.17, 15) is 0 Å². The highest BCUT2D eigenvalue weighted by Crippen LogP contribution is 2.12. The van der Waals surface area contributed by atoms with Crippen molar-refractivity contribution in [2.75, 3.05) is 7.11 Å². The average Bonchev–Trinajstić information content (AvgIpc) is 2.14. The summed E-state index contributed by atoms with van der Waals surface area (Å²) in [5, 5.41) is 0. The van der Waals surface area contributed by atoms with E-state index in [0.717, 1.165) is 11.3 Å². The maximum absolute atomic E-state index is 5.13. The van der Waals surface area contributed by atoms with E-state index in [0.29, 0.717) is 0 Å². The number of hydrogen-bond donors (Lipinski definition) is 0. The lowest BCUT2D eigenvalue weighted by atomic mass is 10.1. The fraction of sp³-hybridized carbons (Fsp3) is 0.417. The Kier molecular flexibility index (Phi) is 3.28. The monoisotopic (exact) mass is 191 g/mol. The highest BCUT2D eigenvalue weighted by atomic mass is 16.5. The Morgan fingerprint density at radius 3 is 2.57 bits per heavy atom. The number of benzene rings is 1. The minimum Gasteiger partial charge on any atom is -0.497 e. The molecule has 0 unspecified atom stereocenters. The Hall–Kier alpha value is -1.31. The maximum Gasteiger partial charge on any atom is 0.119 e. The lowest BCUT2D eigenvalue weighted by molar-refractivity contribution is 0.414. The second-order valence-corrected chi connectivity index (χ2v) is 4.21. The summed E-state index contributed by atoms with van der Waals surface area (Å²) >= 11 is 0. The molecule has 0 aliphatic heterocycles. The summed E-state index contributed by atoms with van der Waals surface area (Å²) in [6.45, 7) is 6.22. The van der Waals surface area contributed by atoms with Crippen LogP contribution in [0.15, 0.2) is 29.3 Å². The Bertz CT molecular complexity index is 323. The van der Waals surface area contributed by atoms with Crippen molar-refractivity contribution in [3.63, 3.8) is 0 Å². The van der Waals surface area contributed by atoms with E-state index in [1.807, 2.05) is 30.5 Å². The van der Waals surface area contributed by atoms with Crippen molar-refractivity contribution in [1.29, 1.82) is 0 Å². The predicted molar refractivity (Wildman–Crippen MR) is 60.3 cm³/mol. The van der Waals surface area contributed by atoms with Gasteiger partial charge in [0, 0.05) is 6.21 Å². The van der Waals surface area contributed by atoms with Crippen molar-refractivity contribution in [3.05, 3.63) is 29.8 Å². The van der Waals surface area contributed by atoms with Crippen molar-refractivity contribution in [3.8, 4) is 5.75 Å². The van der Waals surface area contributed by atoms with Gasteiger partial charge in [-0.05, 0) is 38.5 Å². The number of hydrogen-bond acceptors (Lipinski definition) is 2. The minimum absolute atomic E-state index is 0.0247. The molecule has 1 aromatic carbocycles. The van der Waals surface area contributed by atoms with Gasteiger partial charge in [-0.1, -0.05) is 12.1 Å². The molecule has 0 saturated heterocycles. The molecule has 14 heavy (non-hydrogen) atoms. The molecule has 0 spiro atoms. The molecular weight excluding hydrogens is 174 g/mol. The van der Waals surface area contributed by atoms with Gasteiger partial charge in [0.15, 0.2) is 0 Å². The first-order valence-electron chi connectivity index (χ1n) is 4.70. The number of rotatable bonds is 2. The Morgan fingerprint density at radius 2 is 2.00 bits per heavy atom. The molecule has 2 heteroatoms. The number of methoxy groups -OCH3 is 1.